The molecular weight excluding hydrogens is 294 g/mol. The van der Waals surface area contributed by atoms with Crippen molar-refractivity contribution >= 4 is 10.0 Å². The van der Waals surface area contributed by atoms with Crippen molar-refractivity contribution in [2.45, 2.75) is 50.5 Å². The van der Waals surface area contributed by atoms with Crippen molar-refractivity contribution < 1.29 is 12.9 Å². The number of nitrogens with zero attached hydrogens (tertiary/aromatic N) is 3. The molecule has 1 atom stereocenters. The monoisotopic (exact) mass is 311 g/mol. The molecule has 8 nitrogen and oxygen atoms in total. The molecular formula is C12H17N5O3S. The smallest absolute Gasteiger partial charge is 0.244 e. The zero-order valence-corrected chi connectivity index (χ0v) is 12.9. The molecule has 0 bridgehead atoms. The summed E-state index contributed by atoms with van der Waals surface area (Å²) in [5, 5.41) is 10.5. The van der Waals surface area contributed by atoms with E-state index in [9.17, 15) is 8.42 Å². The van der Waals surface area contributed by atoms with E-state index in [2.05, 4.69) is 25.1 Å². The van der Waals surface area contributed by atoms with Gasteiger partial charge in [0.2, 0.25) is 15.9 Å². The second-order valence-electron chi connectivity index (χ2n) is 5.37. The number of hydrogen-bond acceptors (Lipinski definition) is 6. The fourth-order valence-corrected chi connectivity index (χ4v) is 3.78. The second kappa shape index (κ2) is 4.92. The van der Waals surface area contributed by atoms with E-state index >= 15 is 0 Å². The first-order chi connectivity index (χ1) is 9.88. The van der Waals surface area contributed by atoms with Gasteiger partial charge in [-0.15, -0.1) is 0 Å². The summed E-state index contributed by atoms with van der Waals surface area (Å²) in [5.41, 5.74) is 0.924. The third-order valence-electron chi connectivity index (χ3n) is 3.43. The molecule has 21 heavy (non-hydrogen) atoms. The molecule has 0 saturated heterocycles. The van der Waals surface area contributed by atoms with Crippen LogP contribution in [0.4, 0.5) is 0 Å². The van der Waals surface area contributed by atoms with E-state index in [4.69, 9.17) is 4.52 Å². The van der Waals surface area contributed by atoms with Crippen LogP contribution >= 0.6 is 0 Å². The van der Waals surface area contributed by atoms with E-state index in [1.54, 1.807) is 20.8 Å². The van der Waals surface area contributed by atoms with Gasteiger partial charge in [0.15, 0.2) is 5.82 Å². The summed E-state index contributed by atoms with van der Waals surface area (Å²) in [6, 6.07) is -0.594. The van der Waals surface area contributed by atoms with Gasteiger partial charge in [0.05, 0.1) is 17.4 Å². The molecule has 2 aromatic heterocycles. The van der Waals surface area contributed by atoms with Crippen LogP contribution in [0.2, 0.25) is 0 Å². The average Bonchev–Trinajstić information content (AvgIpc) is 3.01. The van der Waals surface area contributed by atoms with Crippen molar-refractivity contribution in [2.75, 3.05) is 0 Å². The lowest BCUT2D eigenvalue weighted by atomic mass is 10.3. The molecule has 2 aromatic rings. The molecule has 0 radical (unpaired) electrons. The molecule has 0 spiro atoms. The lowest BCUT2D eigenvalue weighted by molar-refractivity contribution is 0.349. The molecule has 1 fully saturated rings. The molecule has 1 aliphatic carbocycles. The first kappa shape index (κ1) is 14.2. The zero-order valence-electron chi connectivity index (χ0n) is 12.0. The topological polar surface area (TPSA) is 114 Å². The van der Waals surface area contributed by atoms with Crippen molar-refractivity contribution in [1.82, 2.24) is 25.1 Å². The summed E-state index contributed by atoms with van der Waals surface area (Å²) < 4.78 is 32.5. The number of rotatable bonds is 5. The van der Waals surface area contributed by atoms with E-state index < -0.39 is 16.1 Å². The maximum atomic E-state index is 12.4. The Morgan fingerprint density at radius 1 is 1.38 bits per heavy atom. The van der Waals surface area contributed by atoms with Crippen LogP contribution in [0, 0.1) is 13.8 Å². The quantitative estimate of drug-likeness (QED) is 0.861. The highest BCUT2D eigenvalue weighted by Crippen LogP contribution is 2.38. The van der Waals surface area contributed by atoms with E-state index in [0.717, 1.165) is 12.8 Å². The number of hydrogen-bond donors (Lipinski definition) is 2. The maximum absolute atomic E-state index is 12.4. The largest absolute Gasteiger partial charge is 0.338 e. The average molecular weight is 311 g/mol. The van der Waals surface area contributed by atoms with Crippen LogP contribution in [-0.4, -0.2) is 28.8 Å². The number of sulfonamides is 1. The Labute approximate surface area is 122 Å². The summed E-state index contributed by atoms with van der Waals surface area (Å²) >= 11 is 0. The molecule has 3 rings (SSSR count). The van der Waals surface area contributed by atoms with Crippen molar-refractivity contribution in [3.8, 4) is 0 Å². The fourth-order valence-electron chi connectivity index (χ4n) is 2.21. The molecule has 9 heteroatoms. The lowest BCUT2D eigenvalue weighted by Crippen LogP contribution is -2.28. The molecule has 1 aliphatic rings. The van der Waals surface area contributed by atoms with Crippen molar-refractivity contribution in [1.29, 1.82) is 0 Å². The third-order valence-corrected chi connectivity index (χ3v) is 5.23. The number of nitrogens with one attached hydrogen (secondary N) is 2. The van der Waals surface area contributed by atoms with Gasteiger partial charge in [0.1, 0.15) is 4.90 Å². The summed E-state index contributed by atoms with van der Waals surface area (Å²) in [5.74, 6) is 1.30. The number of aromatic amines is 1. The molecule has 1 unspecified atom stereocenters. The van der Waals surface area contributed by atoms with Gasteiger partial charge in [0, 0.05) is 5.92 Å². The first-order valence-corrected chi connectivity index (χ1v) is 8.24. The number of aryl methyl sites for hydroxylation is 2. The normalized spacial score (nSPS) is 17.1. The van der Waals surface area contributed by atoms with E-state index in [1.165, 1.54) is 0 Å². The van der Waals surface area contributed by atoms with Crippen molar-refractivity contribution in [3.63, 3.8) is 0 Å². The second-order valence-corrected chi connectivity index (χ2v) is 7.02. The Morgan fingerprint density at radius 2 is 2.10 bits per heavy atom. The SMILES string of the molecule is Cc1n[nH]c(C)c1S(=O)(=O)NC(C)c1nc(C2CC2)no1. The minimum absolute atomic E-state index is 0.163. The lowest BCUT2D eigenvalue weighted by Gasteiger charge is -2.10. The molecule has 0 aromatic carbocycles. The predicted octanol–water partition coefficient (Wildman–Crippen LogP) is 1.33. The van der Waals surface area contributed by atoms with Gasteiger partial charge in [-0.05, 0) is 33.6 Å². The number of aromatic nitrogens is 4. The highest BCUT2D eigenvalue weighted by molar-refractivity contribution is 7.89. The minimum atomic E-state index is -3.69. The molecule has 0 amide bonds. The van der Waals surface area contributed by atoms with Crippen LogP contribution in [-0.2, 0) is 10.0 Å². The van der Waals surface area contributed by atoms with Crippen LogP contribution in [0.3, 0.4) is 0 Å². The van der Waals surface area contributed by atoms with E-state index in [-0.39, 0.29) is 10.8 Å². The van der Waals surface area contributed by atoms with Crippen LogP contribution in [0.15, 0.2) is 9.42 Å². The summed E-state index contributed by atoms with van der Waals surface area (Å²) in [4.78, 5) is 4.42. The van der Waals surface area contributed by atoms with Gasteiger partial charge in [0.25, 0.3) is 0 Å². The van der Waals surface area contributed by atoms with Gasteiger partial charge in [-0.1, -0.05) is 5.16 Å². The van der Waals surface area contributed by atoms with Crippen molar-refractivity contribution in [2.24, 2.45) is 0 Å². The van der Waals surface area contributed by atoms with E-state index in [1.807, 2.05) is 0 Å². The van der Waals surface area contributed by atoms with Gasteiger partial charge < -0.3 is 4.52 Å². The summed E-state index contributed by atoms with van der Waals surface area (Å²) in [6.07, 6.45) is 2.12. The fraction of sp³-hybridized carbons (Fsp3) is 0.583. The highest BCUT2D eigenvalue weighted by atomic mass is 32.2. The maximum Gasteiger partial charge on any atom is 0.244 e. The molecule has 2 N–H and O–H groups in total. The van der Waals surface area contributed by atoms with Crippen LogP contribution in [0.5, 0.6) is 0 Å². The molecule has 2 heterocycles. The van der Waals surface area contributed by atoms with Crippen LogP contribution < -0.4 is 4.72 Å². The Bertz CT molecular complexity index is 740. The molecule has 114 valence electrons. The first-order valence-electron chi connectivity index (χ1n) is 6.76. The van der Waals surface area contributed by atoms with Crippen LogP contribution in [0.25, 0.3) is 0 Å². The standard InChI is InChI=1S/C12H17N5O3S/c1-6-10(7(2)15-14-6)21(18,19)17-8(3)12-13-11(16-20-12)9-4-5-9/h8-9,17H,4-5H2,1-3H3,(H,14,15). The Kier molecular flexibility index (Phi) is 3.33. The predicted molar refractivity (Wildman–Crippen MR) is 73.1 cm³/mol. The van der Waals surface area contributed by atoms with Crippen LogP contribution in [0.1, 0.15) is 54.8 Å². The summed E-state index contributed by atoms with van der Waals surface area (Å²) in [6.45, 7) is 4.98. The molecule has 1 saturated carbocycles. The highest BCUT2D eigenvalue weighted by Gasteiger charge is 2.31. The van der Waals surface area contributed by atoms with Gasteiger partial charge in [-0.3, -0.25) is 5.10 Å². The van der Waals surface area contributed by atoms with Gasteiger partial charge in [-0.2, -0.15) is 14.8 Å². The zero-order chi connectivity index (χ0) is 15.2. The van der Waals surface area contributed by atoms with Gasteiger partial charge >= 0.3 is 0 Å². The molecule has 0 aliphatic heterocycles. The van der Waals surface area contributed by atoms with Crippen molar-refractivity contribution in [3.05, 3.63) is 23.1 Å². The third kappa shape index (κ3) is 2.70. The summed E-state index contributed by atoms with van der Waals surface area (Å²) in [7, 11) is -3.69. The number of H-pyrrole nitrogens is 1. The van der Waals surface area contributed by atoms with Gasteiger partial charge in [-0.25, -0.2) is 8.42 Å². The minimum Gasteiger partial charge on any atom is -0.338 e. The van der Waals surface area contributed by atoms with E-state index in [0.29, 0.717) is 23.1 Å². The Hall–Kier alpha value is -1.74. The Morgan fingerprint density at radius 3 is 2.67 bits per heavy atom. The Balaban J connectivity index is 1.81.